The highest BCUT2D eigenvalue weighted by molar-refractivity contribution is 7.89. The molecule has 1 N–H and O–H groups in total. The van der Waals surface area contributed by atoms with E-state index in [9.17, 15) is 8.42 Å². The summed E-state index contributed by atoms with van der Waals surface area (Å²) in [7, 11) is -3.59. The van der Waals surface area contributed by atoms with E-state index in [4.69, 9.17) is 9.47 Å². The van der Waals surface area contributed by atoms with Gasteiger partial charge in [-0.05, 0) is 45.7 Å². The number of aryl methyl sites for hydroxylation is 1. The van der Waals surface area contributed by atoms with Crippen LogP contribution in [0.25, 0.3) is 0 Å². The van der Waals surface area contributed by atoms with Gasteiger partial charge in [-0.3, -0.25) is 0 Å². The lowest BCUT2D eigenvalue weighted by atomic mass is 9.82. The van der Waals surface area contributed by atoms with E-state index in [1.54, 1.807) is 24.3 Å². The molecule has 0 bridgehead atoms. The molecule has 0 aromatic heterocycles. The highest BCUT2D eigenvalue weighted by Crippen LogP contribution is 2.40. The Morgan fingerprint density at radius 2 is 1.79 bits per heavy atom. The Kier molecular flexibility index (Phi) is 4.59. The first-order valence-electron chi connectivity index (χ1n) is 8.29. The average molecular weight is 351 g/mol. The fourth-order valence-corrected chi connectivity index (χ4v) is 4.80. The maximum atomic E-state index is 12.7. The van der Waals surface area contributed by atoms with Crippen molar-refractivity contribution >= 4 is 10.0 Å². The molecule has 1 saturated carbocycles. The van der Waals surface area contributed by atoms with Crippen LogP contribution < -0.4 is 4.72 Å². The molecular weight excluding hydrogens is 326 g/mol. The Labute approximate surface area is 144 Å². The maximum Gasteiger partial charge on any atom is 0.240 e. The van der Waals surface area contributed by atoms with Gasteiger partial charge in [0.1, 0.15) is 6.10 Å². The molecule has 1 aliphatic heterocycles. The third kappa shape index (κ3) is 3.42. The molecule has 132 valence electrons. The SMILES string of the molecule is C=C[C@H]1CC[C@@H](NS(=O)(=O)c2ccc(C)cc2)[C@@H]2OC(C)(C)O[C@@H]21. The van der Waals surface area contributed by atoms with Gasteiger partial charge in [-0.1, -0.05) is 23.8 Å². The van der Waals surface area contributed by atoms with Gasteiger partial charge < -0.3 is 9.47 Å². The van der Waals surface area contributed by atoms with Gasteiger partial charge in [-0.2, -0.15) is 0 Å². The standard InChI is InChI=1S/C18H25NO4S/c1-5-13-8-11-15(17-16(13)22-18(3,4)23-17)19-24(20,21)14-9-6-12(2)7-10-14/h5-7,9-10,13,15-17,19H,1,8,11H2,2-4H3/t13-,15+,16+,17-/m0/s1. The second-order valence-corrected chi connectivity index (χ2v) is 8.80. The minimum absolute atomic E-state index is 0.169. The van der Waals surface area contributed by atoms with Crippen molar-refractivity contribution in [3.8, 4) is 0 Å². The van der Waals surface area contributed by atoms with Crippen molar-refractivity contribution in [2.24, 2.45) is 5.92 Å². The third-order valence-corrected chi connectivity index (χ3v) is 6.24. The molecule has 1 saturated heterocycles. The molecule has 6 heteroatoms. The summed E-state index contributed by atoms with van der Waals surface area (Å²) in [5.74, 6) is -0.536. The molecule has 24 heavy (non-hydrogen) atoms. The first kappa shape index (κ1) is 17.6. The molecule has 1 aromatic carbocycles. The molecule has 2 aliphatic rings. The molecule has 4 atom stereocenters. The number of nitrogens with one attached hydrogen (secondary N) is 1. The normalized spacial score (nSPS) is 32.3. The zero-order valence-corrected chi connectivity index (χ0v) is 15.2. The maximum absolute atomic E-state index is 12.7. The van der Waals surface area contributed by atoms with Gasteiger partial charge in [-0.15, -0.1) is 6.58 Å². The number of benzene rings is 1. The summed E-state index contributed by atoms with van der Waals surface area (Å²) in [4.78, 5) is 0.272. The first-order valence-corrected chi connectivity index (χ1v) is 9.77. The predicted molar refractivity (Wildman–Crippen MR) is 92.0 cm³/mol. The predicted octanol–water partition coefficient (Wildman–Crippen LogP) is 2.76. The smallest absolute Gasteiger partial charge is 0.240 e. The lowest BCUT2D eigenvalue weighted by Gasteiger charge is -2.35. The van der Waals surface area contributed by atoms with E-state index in [0.29, 0.717) is 6.42 Å². The Balaban J connectivity index is 1.82. The molecule has 2 fully saturated rings. The number of sulfonamides is 1. The fourth-order valence-electron chi connectivity index (χ4n) is 3.52. The highest BCUT2D eigenvalue weighted by Gasteiger charge is 2.51. The number of hydrogen-bond donors (Lipinski definition) is 1. The topological polar surface area (TPSA) is 64.6 Å². The van der Waals surface area contributed by atoms with E-state index < -0.39 is 15.8 Å². The van der Waals surface area contributed by atoms with Gasteiger partial charge in [-0.25, -0.2) is 13.1 Å². The van der Waals surface area contributed by atoms with Crippen molar-refractivity contribution in [2.45, 2.75) is 62.5 Å². The monoisotopic (exact) mass is 351 g/mol. The van der Waals surface area contributed by atoms with Gasteiger partial charge in [0.25, 0.3) is 0 Å². The molecular formula is C18H25NO4S. The van der Waals surface area contributed by atoms with Crippen LogP contribution >= 0.6 is 0 Å². The van der Waals surface area contributed by atoms with Crippen molar-refractivity contribution in [1.82, 2.24) is 4.72 Å². The van der Waals surface area contributed by atoms with Crippen molar-refractivity contribution < 1.29 is 17.9 Å². The molecule has 3 rings (SSSR count). The highest BCUT2D eigenvalue weighted by atomic mass is 32.2. The van der Waals surface area contributed by atoms with E-state index in [1.165, 1.54) is 0 Å². The minimum atomic E-state index is -3.59. The Morgan fingerprint density at radius 3 is 2.42 bits per heavy atom. The zero-order valence-electron chi connectivity index (χ0n) is 14.4. The van der Waals surface area contributed by atoms with Crippen molar-refractivity contribution in [3.63, 3.8) is 0 Å². The molecule has 1 heterocycles. The second-order valence-electron chi connectivity index (χ2n) is 7.08. The van der Waals surface area contributed by atoms with Gasteiger partial charge in [0.05, 0.1) is 17.0 Å². The van der Waals surface area contributed by atoms with Gasteiger partial charge in [0.15, 0.2) is 5.79 Å². The van der Waals surface area contributed by atoms with E-state index in [1.807, 2.05) is 26.8 Å². The van der Waals surface area contributed by atoms with Crippen LogP contribution in [0.15, 0.2) is 41.8 Å². The van der Waals surface area contributed by atoms with Crippen molar-refractivity contribution in [1.29, 1.82) is 0 Å². The summed E-state index contributed by atoms with van der Waals surface area (Å²) >= 11 is 0. The summed E-state index contributed by atoms with van der Waals surface area (Å²) in [5, 5.41) is 0. The molecule has 0 unspecified atom stereocenters. The fraction of sp³-hybridized carbons (Fsp3) is 0.556. The summed E-state index contributed by atoms with van der Waals surface area (Å²) in [6.07, 6.45) is 2.93. The van der Waals surface area contributed by atoms with Crippen LogP contribution in [-0.2, 0) is 19.5 Å². The molecule has 0 radical (unpaired) electrons. The number of ether oxygens (including phenoxy) is 2. The lowest BCUT2D eigenvalue weighted by molar-refractivity contribution is -0.148. The van der Waals surface area contributed by atoms with E-state index >= 15 is 0 Å². The van der Waals surface area contributed by atoms with E-state index in [2.05, 4.69) is 11.3 Å². The number of hydrogen-bond acceptors (Lipinski definition) is 4. The largest absolute Gasteiger partial charge is 0.344 e. The van der Waals surface area contributed by atoms with Crippen LogP contribution in [0.2, 0.25) is 0 Å². The van der Waals surface area contributed by atoms with Crippen molar-refractivity contribution in [2.75, 3.05) is 0 Å². The number of fused-ring (bicyclic) bond motifs is 1. The third-order valence-electron chi connectivity index (χ3n) is 4.73. The summed E-state index contributed by atoms with van der Waals surface area (Å²) in [6, 6.07) is 6.54. The Morgan fingerprint density at radius 1 is 1.17 bits per heavy atom. The Bertz CT molecular complexity index is 711. The molecule has 1 aromatic rings. The molecule has 0 spiro atoms. The van der Waals surface area contributed by atoms with Gasteiger partial charge >= 0.3 is 0 Å². The number of rotatable bonds is 4. The summed E-state index contributed by atoms with van der Waals surface area (Å²) in [6.45, 7) is 9.52. The van der Waals surface area contributed by atoms with Crippen LogP contribution in [-0.4, -0.2) is 32.5 Å². The first-order chi connectivity index (χ1) is 11.2. The zero-order chi connectivity index (χ0) is 17.5. The van der Waals surface area contributed by atoms with Crippen LogP contribution in [0.3, 0.4) is 0 Å². The molecule has 1 aliphatic carbocycles. The average Bonchev–Trinajstić information content (AvgIpc) is 2.83. The van der Waals surface area contributed by atoms with Crippen LogP contribution in [0.4, 0.5) is 0 Å². The van der Waals surface area contributed by atoms with Crippen LogP contribution in [0.1, 0.15) is 32.3 Å². The lowest BCUT2D eigenvalue weighted by Crippen LogP contribution is -2.52. The van der Waals surface area contributed by atoms with Crippen molar-refractivity contribution in [3.05, 3.63) is 42.5 Å². The molecule has 0 amide bonds. The quantitative estimate of drug-likeness (QED) is 0.847. The summed E-state index contributed by atoms with van der Waals surface area (Å²) < 4.78 is 40.2. The molecule has 5 nitrogen and oxygen atoms in total. The van der Waals surface area contributed by atoms with Crippen LogP contribution in [0, 0.1) is 12.8 Å². The van der Waals surface area contributed by atoms with E-state index in [0.717, 1.165) is 12.0 Å². The second kappa shape index (κ2) is 6.26. The van der Waals surface area contributed by atoms with E-state index in [-0.39, 0.29) is 29.1 Å². The Hall–Kier alpha value is -1.21. The van der Waals surface area contributed by atoms with Gasteiger partial charge in [0.2, 0.25) is 10.0 Å². The summed E-state index contributed by atoms with van der Waals surface area (Å²) in [5.41, 5.74) is 1.02. The van der Waals surface area contributed by atoms with Crippen LogP contribution in [0.5, 0.6) is 0 Å². The van der Waals surface area contributed by atoms with Gasteiger partial charge in [0, 0.05) is 5.92 Å². The minimum Gasteiger partial charge on any atom is -0.344 e.